The predicted octanol–water partition coefficient (Wildman–Crippen LogP) is 2.76. The van der Waals surface area contributed by atoms with Gasteiger partial charge in [0.15, 0.2) is 9.84 Å². The average molecular weight is 330 g/mol. The maximum atomic E-state index is 12.0. The Hall–Kier alpha value is -1.72. The van der Waals surface area contributed by atoms with Gasteiger partial charge >= 0.3 is 0 Å². The summed E-state index contributed by atoms with van der Waals surface area (Å²) in [7, 11) is -2.93. The van der Waals surface area contributed by atoms with Gasteiger partial charge in [0, 0.05) is 24.8 Å². The number of pyridine rings is 1. The van der Waals surface area contributed by atoms with Crippen molar-refractivity contribution in [3.05, 3.63) is 54.2 Å². The van der Waals surface area contributed by atoms with Crippen molar-refractivity contribution in [3.63, 3.8) is 0 Å². The van der Waals surface area contributed by atoms with Gasteiger partial charge in [-0.15, -0.1) is 0 Å². The van der Waals surface area contributed by atoms with Gasteiger partial charge in [0.2, 0.25) is 0 Å². The molecule has 0 N–H and O–H groups in total. The Morgan fingerprint density at radius 1 is 1.17 bits per heavy atom. The van der Waals surface area contributed by atoms with Crippen molar-refractivity contribution in [2.45, 2.75) is 25.1 Å². The topological polar surface area (TPSA) is 50.3 Å². The molecule has 0 amide bonds. The summed E-state index contributed by atoms with van der Waals surface area (Å²) >= 11 is 0. The van der Waals surface area contributed by atoms with Gasteiger partial charge in [-0.1, -0.05) is 24.3 Å². The SMILES string of the molecule is CC1CCN(Cc2cccc(-c3ccccn3)c2)CCS1(=O)=O. The lowest BCUT2D eigenvalue weighted by Gasteiger charge is -2.19. The molecule has 1 fully saturated rings. The zero-order chi connectivity index (χ0) is 16.3. The van der Waals surface area contributed by atoms with E-state index in [2.05, 4.69) is 28.1 Å². The molecular weight excluding hydrogens is 308 g/mol. The Labute approximate surface area is 138 Å². The van der Waals surface area contributed by atoms with Crippen LogP contribution in [-0.4, -0.2) is 42.4 Å². The minimum Gasteiger partial charge on any atom is -0.298 e. The molecule has 1 saturated heterocycles. The molecule has 2 heterocycles. The highest BCUT2D eigenvalue weighted by Gasteiger charge is 2.26. The number of aromatic nitrogens is 1. The van der Waals surface area contributed by atoms with E-state index in [9.17, 15) is 8.42 Å². The molecule has 122 valence electrons. The van der Waals surface area contributed by atoms with Gasteiger partial charge in [-0.3, -0.25) is 9.88 Å². The number of sulfone groups is 1. The van der Waals surface area contributed by atoms with E-state index in [-0.39, 0.29) is 11.0 Å². The Balaban J connectivity index is 1.74. The second-order valence-corrected chi connectivity index (χ2v) is 8.70. The van der Waals surface area contributed by atoms with Crippen molar-refractivity contribution in [3.8, 4) is 11.3 Å². The highest BCUT2D eigenvalue weighted by Crippen LogP contribution is 2.20. The molecule has 2 aromatic rings. The fourth-order valence-electron chi connectivity index (χ4n) is 2.89. The summed E-state index contributed by atoms with van der Waals surface area (Å²) in [6, 6.07) is 14.2. The number of hydrogen-bond acceptors (Lipinski definition) is 4. The van der Waals surface area contributed by atoms with Gasteiger partial charge in [0.1, 0.15) is 0 Å². The lowest BCUT2D eigenvalue weighted by molar-refractivity contribution is 0.283. The van der Waals surface area contributed by atoms with Crippen LogP contribution in [0.3, 0.4) is 0 Å². The van der Waals surface area contributed by atoms with Crippen molar-refractivity contribution in [1.82, 2.24) is 9.88 Å². The first kappa shape index (κ1) is 16.1. The highest BCUT2D eigenvalue weighted by molar-refractivity contribution is 7.92. The molecular formula is C18H22N2O2S. The van der Waals surface area contributed by atoms with E-state index in [0.717, 1.165) is 24.3 Å². The van der Waals surface area contributed by atoms with E-state index in [1.54, 1.807) is 6.20 Å². The monoisotopic (exact) mass is 330 g/mol. The number of hydrogen-bond donors (Lipinski definition) is 0. The molecule has 1 aromatic carbocycles. The molecule has 1 atom stereocenters. The van der Waals surface area contributed by atoms with Crippen LogP contribution in [0, 0.1) is 0 Å². The van der Waals surface area contributed by atoms with E-state index >= 15 is 0 Å². The summed E-state index contributed by atoms with van der Waals surface area (Å²) in [5, 5.41) is -0.229. The van der Waals surface area contributed by atoms with Crippen LogP contribution in [0.4, 0.5) is 0 Å². The van der Waals surface area contributed by atoms with Crippen molar-refractivity contribution in [2.24, 2.45) is 0 Å². The molecule has 5 heteroatoms. The molecule has 0 spiro atoms. The van der Waals surface area contributed by atoms with Crippen LogP contribution in [0.15, 0.2) is 48.7 Å². The molecule has 1 aromatic heterocycles. The molecule has 0 saturated carbocycles. The predicted molar refractivity (Wildman–Crippen MR) is 92.8 cm³/mol. The Bertz CT molecular complexity index is 760. The summed E-state index contributed by atoms with van der Waals surface area (Å²) in [6.45, 7) is 4.04. The second-order valence-electron chi connectivity index (χ2n) is 6.16. The third-order valence-electron chi connectivity index (χ3n) is 4.45. The summed E-state index contributed by atoms with van der Waals surface area (Å²) < 4.78 is 24.0. The lowest BCUT2D eigenvalue weighted by atomic mass is 10.1. The van der Waals surface area contributed by atoms with E-state index in [1.807, 2.05) is 31.2 Å². The molecule has 0 bridgehead atoms. The molecule has 1 unspecified atom stereocenters. The second kappa shape index (κ2) is 6.81. The maximum absolute atomic E-state index is 12.0. The number of rotatable bonds is 3. The third-order valence-corrected chi connectivity index (χ3v) is 6.66. The van der Waals surface area contributed by atoms with Gasteiger partial charge in [0.25, 0.3) is 0 Å². The first-order valence-corrected chi connectivity index (χ1v) is 9.70. The van der Waals surface area contributed by atoms with Crippen LogP contribution < -0.4 is 0 Å². The summed E-state index contributed by atoms with van der Waals surface area (Å²) in [6.07, 6.45) is 2.51. The van der Waals surface area contributed by atoms with Crippen molar-refractivity contribution in [1.29, 1.82) is 0 Å². The number of nitrogens with zero attached hydrogens (tertiary/aromatic N) is 2. The normalized spacial score (nSPS) is 21.7. The Morgan fingerprint density at radius 3 is 2.83 bits per heavy atom. The quantitative estimate of drug-likeness (QED) is 0.868. The zero-order valence-corrected chi connectivity index (χ0v) is 14.2. The molecule has 3 rings (SSSR count). The van der Waals surface area contributed by atoms with Gasteiger partial charge in [-0.05, 0) is 43.7 Å². The molecule has 23 heavy (non-hydrogen) atoms. The van der Waals surface area contributed by atoms with Crippen LogP contribution in [0.5, 0.6) is 0 Å². The first-order chi connectivity index (χ1) is 11.0. The molecule has 4 nitrogen and oxygen atoms in total. The Kier molecular flexibility index (Phi) is 4.78. The van der Waals surface area contributed by atoms with Gasteiger partial charge in [0.05, 0.1) is 16.7 Å². The first-order valence-electron chi connectivity index (χ1n) is 7.99. The summed E-state index contributed by atoms with van der Waals surface area (Å²) in [5.74, 6) is 0.258. The van der Waals surface area contributed by atoms with E-state index in [4.69, 9.17) is 0 Å². The minimum absolute atomic E-state index is 0.229. The van der Waals surface area contributed by atoms with E-state index < -0.39 is 9.84 Å². The van der Waals surface area contributed by atoms with Crippen LogP contribution in [0.25, 0.3) is 11.3 Å². The van der Waals surface area contributed by atoms with E-state index in [1.165, 1.54) is 5.56 Å². The minimum atomic E-state index is -2.93. The fourth-order valence-corrected chi connectivity index (χ4v) is 4.27. The summed E-state index contributed by atoms with van der Waals surface area (Å²) in [4.78, 5) is 6.62. The largest absolute Gasteiger partial charge is 0.298 e. The average Bonchev–Trinajstić information content (AvgIpc) is 2.69. The Morgan fingerprint density at radius 2 is 2.04 bits per heavy atom. The van der Waals surface area contributed by atoms with Crippen LogP contribution >= 0.6 is 0 Å². The standard InChI is InChI=1S/C18H22N2O2S/c1-15-8-10-20(11-12-23(15,21)22)14-16-5-4-6-17(13-16)18-7-2-3-9-19-18/h2-7,9,13,15H,8,10-12,14H2,1H3. The molecule has 0 aliphatic carbocycles. The molecule has 0 radical (unpaired) electrons. The van der Waals surface area contributed by atoms with Crippen LogP contribution in [-0.2, 0) is 16.4 Å². The molecule has 1 aliphatic heterocycles. The van der Waals surface area contributed by atoms with Crippen LogP contribution in [0.1, 0.15) is 18.9 Å². The van der Waals surface area contributed by atoms with Crippen molar-refractivity contribution < 1.29 is 8.42 Å². The van der Waals surface area contributed by atoms with Crippen LogP contribution in [0.2, 0.25) is 0 Å². The van der Waals surface area contributed by atoms with E-state index in [0.29, 0.717) is 13.0 Å². The maximum Gasteiger partial charge on any atom is 0.154 e. The number of benzene rings is 1. The highest BCUT2D eigenvalue weighted by atomic mass is 32.2. The van der Waals surface area contributed by atoms with Gasteiger partial charge in [-0.2, -0.15) is 0 Å². The van der Waals surface area contributed by atoms with Gasteiger partial charge in [-0.25, -0.2) is 8.42 Å². The van der Waals surface area contributed by atoms with Gasteiger partial charge < -0.3 is 0 Å². The molecule has 1 aliphatic rings. The van der Waals surface area contributed by atoms with Crippen molar-refractivity contribution >= 4 is 9.84 Å². The third kappa shape index (κ3) is 3.98. The summed E-state index contributed by atoms with van der Waals surface area (Å²) in [5.41, 5.74) is 3.25. The fraction of sp³-hybridized carbons (Fsp3) is 0.389. The van der Waals surface area contributed by atoms with Crippen molar-refractivity contribution in [2.75, 3.05) is 18.8 Å². The zero-order valence-electron chi connectivity index (χ0n) is 13.4. The lowest BCUT2D eigenvalue weighted by Crippen LogP contribution is -2.26. The smallest absolute Gasteiger partial charge is 0.154 e.